The second kappa shape index (κ2) is 28.5. The molecule has 410 valence electrons. The molecule has 0 spiro atoms. The normalized spacial score (nSPS) is 11.8. The van der Waals surface area contributed by atoms with Crippen molar-refractivity contribution in [2.24, 2.45) is 0 Å². The zero-order valence-corrected chi connectivity index (χ0v) is 46.6. The fraction of sp³-hybridized carbons (Fsp3) is 0.188. The summed E-state index contributed by atoms with van der Waals surface area (Å²) in [5.41, 5.74) is 7.48. The summed E-state index contributed by atoms with van der Waals surface area (Å²) in [4.78, 5) is 52.7. The molecule has 8 aromatic rings. The van der Waals surface area contributed by atoms with Crippen LogP contribution < -0.4 is 18.9 Å². The molecule has 0 bridgehead atoms. The summed E-state index contributed by atoms with van der Waals surface area (Å²) < 4.78 is 33.1. The predicted octanol–water partition coefficient (Wildman–Crippen LogP) is 16.1. The second-order valence-corrected chi connectivity index (χ2v) is 21.4. The highest BCUT2D eigenvalue weighted by molar-refractivity contribution is 7.99. The Morgan fingerprint density at radius 3 is 1.05 bits per heavy atom. The summed E-state index contributed by atoms with van der Waals surface area (Å²) in [6.07, 6.45) is 9.47. The monoisotopic (exact) mass is 1110 g/mol. The fourth-order valence-corrected chi connectivity index (χ4v) is 11.3. The van der Waals surface area contributed by atoms with Crippen molar-refractivity contribution >= 4 is 47.4 Å². The highest BCUT2D eigenvalue weighted by Crippen LogP contribution is 2.56. The summed E-state index contributed by atoms with van der Waals surface area (Å²) in [6.45, 7) is 8.70. The van der Waals surface area contributed by atoms with Crippen molar-refractivity contribution in [2.45, 2.75) is 76.4 Å². The Kier molecular flexibility index (Phi) is 20.1. The number of hydrogen-bond donors (Lipinski definition) is 0. The van der Waals surface area contributed by atoms with Crippen LogP contribution >= 0.6 is 23.5 Å². The standard InChI is InChI=1S/C69H62O10S2/c1-3-65(70)76-47-15-7-5-13-45-74-53-29-33-55(34-30-53)78-67(72)49-21-37-57(38-22-49)80-59-41-25-51(26-42-59)69(63-19-11-9-17-61(63)62-18-10-12-20-64(62)69)52-27-43-60(44-28-52)81-58-39-23-50(24-40-58)68(73)79-56-35-31-54(32-36-56)75-46-14-6-8-16-48-77-66(71)4-2/h3-4,9-12,17-44H,1-2,5-8,13-16,45-48H2. The van der Waals surface area contributed by atoms with E-state index in [9.17, 15) is 19.2 Å². The van der Waals surface area contributed by atoms with Crippen LogP contribution in [-0.2, 0) is 24.5 Å². The van der Waals surface area contributed by atoms with Crippen LogP contribution in [0.2, 0.25) is 0 Å². The molecule has 0 heterocycles. The van der Waals surface area contributed by atoms with Crippen molar-refractivity contribution in [3.8, 4) is 34.1 Å². The third kappa shape index (κ3) is 15.0. The molecule has 0 saturated heterocycles. The maximum absolute atomic E-state index is 13.2. The number of esters is 4. The lowest BCUT2D eigenvalue weighted by Crippen LogP contribution is -2.28. The smallest absolute Gasteiger partial charge is 0.343 e. The van der Waals surface area contributed by atoms with Gasteiger partial charge in [-0.1, -0.05) is 109 Å². The molecule has 0 saturated carbocycles. The molecule has 1 aliphatic carbocycles. The third-order valence-electron chi connectivity index (χ3n) is 13.7. The van der Waals surface area contributed by atoms with Crippen LogP contribution in [0, 0.1) is 0 Å². The number of carbonyl (C=O) groups is 4. The SMILES string of the molecule is C=CC(=O)OCCCCCCOc1ccc(OC(=O)c2ccc(Sc3ccc(C4(c5ccc(Sc6ccc(C(=O)Oc7ccc(OCCCCCCOC(=O)C=C)cc7)cc6)cc5)c5ccccc5-c5ccccc54)cc3)cc2)cc1. The first-order valence-corrected chi connectivity index (χ1v) is 28.8. The first-order chi connectivity index (χ1) is 39.7. The van der Waals surface area contributed by atoms with Gasteiger partial charge >= 0.3 is 23.9 Å². The van der Waals surface area contributed by atoms with Crippen molar-refractivity contribution in [3.05, 3.63) is 253 Å². The van der Waals surface area contributed by atoms with Gasteiger partial charge in [-0.2, -0.15) is 0 Å². The Morgan fingerprint density at radius 1 is 0.370 bits per heavy atom. The maximum Gasteiger partial charge on any atom is 0.343 e. The fourth-order valence-electron chi connectivity index (χ4n) is 9.66. The van der Waals surface area contributed by atoms with Crippen LogP contribution in [0.4, 0.5) is 0 Å². The van der Waals surface area contributed by atoms with Gasteiger partial charge in [0.15, 0.2) is 0 Å². The molecule has 0 aliphatic heterocycles. The molecule has 81 heavy (non-hydrogen) atoms. The van der Waals surface area contributed by atoms with Crippen molar-refractivity contribution in [3.63, 3.8) is 0 Å². The Balaban J connectivity index is 0.792. The lowest BCUT2D eigenvalue weighted by Gasteiger charge is -2.34. The molecular weight excluding hydrogens is 1050 g/mol. The lowest BCUT2D eigenvalue weighted by molar-refractivity contribution is -0.138. The number of benzene rings is 8. The van der Waals surface area contributed by atoms with Crippen molar-refractivity contribution < 1.29 is 47.6 Å². The van der Waals surface area contributed by atoms with Crippen molar-refractivity contribution in [1.82, 2.24) is 0 Å². The minimum atomic E-state index is -0.580. The Hall–Kier alpha value is -8.58. The van der Waals surface area contributed by atoms with Gasteiger partial charge in [-0.15, -0.1) is 0 Å². The van der Waals surface area contributed by atoms with Crippen molar-refractivity contribution in [2.75, 3.05) is 26.4 Å². The van der Waals surface area contributed by atoms with Crippen LogP contribution in [0.1, 0.15) is 94.3 Å². The molecule has 0 unspecified atom stereocenters. The molecule has 1 aliphatic rings. The highest BCUT2D eigenvalue weighted by atomic mass is 32.2. The highest BCUT2D eigenvalue weighted by Gasteiger charge is 2.45. The quantitative estimate of drug-likeness (QED) is 0.0201. The van der Waals surface area contributed by atoms with Crippen molar-refractivity contribution in [1.29, 1.82) is 0 Å². The summed E-state index contributed by atoms with van der Waals surface area (Å²) in [5.74, 6) is 0.569. The summed E-state index contributed by atoms with van der Waals surface area (Å²) in [5, 5.41) is 0. The van der Waals surface area contributed by atoms with Gasteiger partial charge in [0.2, 0.25) is 0 Å². The molecule has 9 rings (SSSR count). The molecule has 8 aromatic carbocycles. The minimum absolute atomic E-state index is 0.393. The third-order valence-corrected chi connectivity index (χ3v) is 15.7. The summed E-state index contributed by atoms with van der Waals surface area (Å²) in [7, 11) is 0. The topological polar surface area (TPSA) is 124 Å². The largest absolute Gasteiger partial charge is 0.494 e. The van der Waals surface area contributed by atoms with Gasteiger partial charge in [0.1, 0.15) is 23.0 Å². The van der Waals surface area contributed by atoms with Crippen LogP contribution in [0.5, 0.6) is 23.0 Å². The van der Waals surface area contributed by atoms with E-state index in [0.717, 1.165) is 82.1 Å². The number of fused-ring (bicyclic) bond motifs is 3. The Bertz CT molecular complexity index is 3180. The van der Waals surface area contributed by atoms with Crippen LogP contribution in [0.3, 0.4) is 0 Å². The van der Waals surface area contributed by atoms with E-state index in [4.69, 9.17) is 28.4 Å². The van der Waals surface area contributed by atoms with E-state index in [1.165, 1.54) is 34.4 Å². The van der Waals surface area contributed by atoms with Gasteiger partial charge < -0.3 is 28.4 Å². The minimum Gasteiger partial charge on any atom is -0.494 e. The zero-order valence-electron chi connectivity index (χ0n) is 44.9. The summed E-state index contributed by atoms with van der Waals surface area (Å²) in [6, 6.07) is 64.0. The molecular formula is C69H62O10S2. The molecule has 0 aromatic heterocycles. The Morgan fingerprint density at radius 2 is 0.691 bits per heavy atom. The van der Waals surface area contributed by atoms with E-state index in [2.05, 4.69) is 110 Å². The second-order valence-electron chi connectivity index (χ2n) is 19.1. The van der Waals surface area contributed by atoms with Crippen LogP contribution in [0.25, 0.3) is 11.1 Å². The van der Waals surface area contributed by atoms with E-state index in [1.807, 2.05) is 24.3 Å². The zero-order chi connectivity index (χ0) is 56.2. The number of ether oxygens (including phenoxy) is 6. The number of unbranched alkanes of at least 4 members (excludes halogenated alkanes) is 6. The number of carbonyl (C=O) groups excluding carboxylic acids is 4. The lowest BCUT2D eigenvalue weighted by atomic mass is 9.68. The molecule has 0 radical (unpaired) electrons. The van der Waals surface area contributed by atoms with Gasteiger partial charge in [-0.05, 0) is 206 Å². The molecule has 0 N–H and O–H groups in total. The van der Waals surface area contributed by atoms with E-state index >= 15 is 0 Å². The van der Waals surface area contributed by atoms with E-state index in [0.29, 0.717) is 60.6 Å². The molecule has 10 nitrogen and oxygen atoms in total. The first-order valence-electron chi connectivity index (χ1n) is 27.1. The molecule has 12 heteroatoms. The van der Waals surface area contributed by atoms with Gasteiger partial charge in [-0.25, -0.2) is 19.2 Å². The number of hydrogen-bond acceptors (Lipinski definition) is 12. The molecule has 0 atom stereocenters. The average Bonchev–Trinajstić information content (AvgIpc) is 4.08. The molecule has 0 amide bonds. The average molecular weight is 1120 g/mol. The number of rotatable bonds is 28. The van der Waals surface area contributed by atoms with E-state index in [-0.39, 0.29) is 0 Å². The van der Waals surface area contributed by atoms with E-state index < -0.39 is 29.3 Å². The van der Waals surface area contributed by atoms with Gasteiger partial charge in [0.25, 0.3) is 0 Å². The van der Waals surface area contributed by atoms with E-state index in [1.54, 1.807) is 96.3 Å². The van der Waals surface area contributed by atoms with Crippen LogP contribution in [-0.4, -0.2) is 50.3 Å². The van der Waals surface area contributed by atoms with Gasteiger partial charge in [0.05, 0.1) is 43.0 Å². The predicted molar refractivity (Wildman–Crippen MR) is 318 cm³/mol. The maximum atomic E-state index is 13.2. The first kappa shape index (κ1) is 57.1. The van der Waals surface area contributed by atoms with Crippen LogP contribution in [0.15, 0.2) is 239 Å². The summed E-state index contributed by atoms with van der Waals surface area (Å²) >= 11 is 3.25. The van der Waals surface area contributed by atoms with Gasteiger partial charge in [0, 0.05) is 31.7 Å². The van der Waals surface area contributed by atoms with Gasteiger partial charge in [-0.3, -0.25) is 0 Å². The Labute approximate surface area is 482 Å². The molecule has 0 fully saturated rings.